The van der Waals surface area contributed by atoms with Crippen LogP contribution in [0, 0.1) is 5.82 Å². The maximum absolute atomic E-state index is 13.5. The maximum atomic E-state index is 13.5. The summed E-state index contributed by atoms with van der Waals surface area (Å²) in [6.07, 6.45) is 0.495. The molecular weight excluding hydrogens is 349 g/mol. The lowest BCUT2D eigenvalue weighted by Crippen LogP contribution is -2.30. The fraction of sp³-hybridized carbons (Fsp3) is 0.188. The first kappa shape index (κ1) is 18.7. The highest BCUT2D eigenvalue weighted by molar-refractivity contribution is 7.89. The summed E-state index contributed by atoms with van der Waals surface area (Å²) in [7, 11) is -2.36. The molecule has 4 N–H and O–H groups in total. The number of urea groups is 1. The molecule has 0 aliphatic rings. The zero-order chi connectivity index (χ0) is 18.4. The lowest BCUT2D eigenvalue weighted by molar-refractivity contribution is 0.252. The lowest BCUT2D eigenvalue weighted by atomic mass is 10.1. The van der Waals surface area contributed by atoms with Gasteiger partial charge in [-0.1, -0.05) is 12.1 Å². The molecule has 0 saturated carbocycles. The van der Waals surface area contributed by atoms with Crippen LogP contribution in [0.4, 0.5) is 14.9 Å². The van der Waals surface area contributed by atoms with Crippen LogP contribution >= 0.6 is 0 Å². The van der Waals surface area contributed by atoms with E-state index in [4.69, 9.17) is 9.88 Å². The first-order chi connectivity index (χ1) is 11.8. The van der Waals surface area contributed by atoms with Gasteiger partial charge in [-0.3, -0.25) is 0 Å². The Morgan fingerprint density at radius 3 is 2.44 bits per heavy atom. The third kappa shape index (κ3) is 5.44. The fourth-order valence-corrected chi connectivity index (χ4v) is 2.60. The SMILES string of the molecule is COc1ccc(NC(=O)NCCc2ccc(S(N)(=O)=O)cc2)cc1F. The molecule has 0 unspecified atom stereocenters. The van der Waals surface area contributed by atoms with Gasteiger partial charge in [0.15, 0.2) is 11.6 Å². The summed E-state index contributed by atoms with van der Waals surface area (Å²) in [5, 5.41) is 10.2. The third-order valence-corrected chi connectivity index (χ3v) is 4.29. The minimum atomic E-state index is -3.72. The molecule has 2 aromatic rings. The van der Waals surface area contributed by atoms with Crippen LogP contribution in [0.3, 0.4) is 0 Å². The number of primary sulfonamides is 1. The second-order valence-corrected chi connectivity index (χ2v) is 6.73. The Morgan fingerprint density at radius 2 is 1.88 bits per heavy atom. The van der Waals surface area contributed by atoms with Gasteiger partial charge >= 0.3 is 6.03 Å². The minimum absolute atomic E-state index is 0.0310. The number of anilines is 1. The monoisotopic (exact) mass is 367 g/mol. The Hall–Kier alpha value is -2.65. The van der Waals surface area contributed by atoms with E-state index in [1.54, 1.807) is 12.1 Å². The smallest absolute Gasteiger partial charge is 0.319 e. The van der Waals surface area contributed by atoms with Crippen molar-refractivity contribution in [2.75, 3.05) is 19.0 Å². The molecule has 2 rings (SSSR count). The number of carbonyl (C=O) groups excluding carboxylic acids is 1. The number of hydrogen-bond donors (Lipinski definition) is 3. The summed E-state index contributed by atoms with van der Waals surface area (Å²) < 4.78 is 40.7. The van der Waals surface area contributed by atoms with Crippen molar-refractivity contribution in [3.05, 3.63) is 53.8 Å². The summed E-state index contributed by atoms with van der Waals surface area (Å²) in [5.74, 6) is -0.482. The molecular formula is C16H18FN3O4S. The molecule has 0 radical (unpaired) electrons. The van der Waals surface area contributed by atoms with Crippen LogP contribution in [-0.4, -0.2) is 28.1 Å². The van der Waals surface area contributed by atoms with Crippen LogP contribution in [0.15, 0.2) is 47.4 Å². The molecule has 0 atom stereocenters. The second-order valence-electron chi connectivity index (χ2n) is 5.17. The molecule has 25 heavy (non-hydrogen) atoms. The van der Waals surface area contributed by atoms with Gasteiger partial charge in [-0.05, 0) is 36.2 Å². The van der Waals surface area contributed by atoms with E-state index in [9.17, 15) is 17.6 Å². The van der Waals surface area contributed by atoms with E-state index in [2.05, 4.69) is 10.6 Å². The quantitative estimate of drug-likeness (QED) is 0.723. The second kappa shape index (κ2) is 7.95. The van der Waals surface area contributed by atoms with Crippen LogP contribution in [0.1, 0.15) is 5.56 Å². The van der Waals surface area contributed by atoms with Crippen molar-refractivity contribution >= 4 is 21.7 Å². The molecule has 0 bridgehead atoms. The number of nitrogens with one attached hydrogen (secondary N) is 2. The van der Waals surface area contributed by atoms with Gasteiger partial charge in [0.2, 0.25) is 10.0 Å². The van der Waals surface area contributed by atoms with E-state index in [1.807, 2.05) is 0 Å². The normalized spacial score (nSPS) is 11.0. The third-order valence-electron chi connectivity index (χ3n) is 3.36. The molecule has 0 aliphatic carbocycles. The largest absolute Gasteiger partial charge is 0.494 e. The number of amides is 2. The van der Waals surface area contributed by atoms with Gasteiger partial charge in [0.1, 0.15) is 0 Å². The standard InChI is InChI=1S/C16H18FN3O4S/c1-24-15-7-4-12(10-14(15)17)20-16(21)19-9-8-11-2-5-13(6-3-11)25(18,22)23/h2-7,10H,8-9H2,1H3,(H2,18,22,23)(H2,19,20,21). The summed E-state index contributed by atoms with van der Waals surface area (Å²) >= 11 is 0. The van der Waals surface area contributed by atoms with Crippen LogP contribution in [0.5, 0.6) is 5.75 Å². The molecule has 0 spiro atoms. The molecule has 2 amide bonds. The topological polar surface area (TPSA) is 111 Å². The Labute approximate surface area is 145 Å². The Morgan fingerprint density at radius 1 is 1.20 bits per heavy atom. The minimum Gasteiger partial charge on any atom is -0.494 e. The average Bonchev–Trinajstić information content (AvgIpc) is 2.54. The van der Waals surface area contributed by atoms with E-state index in [1.165, 1.54) is 31.4 Å². The number of halogens is 1. The van der Waals surface area contributed by atoms with Crippen molar-refractivity contribution in [1.82, 2.24) is 5.32 Å². The van der Waals surface area contributed by atoms with Gasteiger partial charge in [0.25, 0.3) is 0 Å². The van der Waals surface area contributed by atoms with E-state index in [-0.39, 0.29) is 10.6 Å². The molecule has 2 aromatic carbocycles. The Bertz CT molecular complexity index is 854. The zero-order valence-corrected chi connectivity index (χ0v) is 14.3. The number of rotatable bonds is 6. The summed E-state index contributed by atoms with van der Waals surface area (Å²) in [6, 6.07) is 9.67. The molecule has 9 heteroatoms. The zero-order valence-electron chi connectivity index (χ0n) is 13.5. The van der Waals surface area contributed by atoms with Crippen LogP contribution in [0.25, 0.3) is 0 Å². The number of carbonyl (C=O) groups is 1. The van der Waals surface area contributed by atoms with E-state index >= 15 is 0 Å². The lowest BCUT2D eigenvalue weighted by Gasteiger charge is -2.09. The van der Waals surface area contributed by atoms with Crippen molar-refractivity contribution < 1.29 is 22.3 Å². The summed E-state index contributed by atoms with van der Waals surface area (Å²) in [5.41, 5.74) is 1.14. The molecule has 0 fully saturated rings. The van der Waals surface area contributed by atoms with E-state index in [0.29, 0.717) is 18.7 Å². The van der Waals surface area contributed by atoms with Crippen molar-refractivity contribution in [1.29, 1.82) is 0 Å². The summed E-state index contributed by atoms with van der Waals surface area (Å²) in [6.45, 7) is 0.319. The van der Waals surface area contributed by atoms with Crippen LogP contribution < -0.4 is 20.5 Å². The van der Waals surface area contributed by atoms with Gasteiger partial charge in [0.05, 0.1) is 12.0 Å². The highest BCUT2D eigenvalue weighted by atomic mass is 32.2. The van der Waals surface area contributed by atoms with Crippen molar-refractivity contribution in [2.24, 2.45) is 5.14 Å². The number of sulfonamides is 1. The maximum Gasteiger partial charge on any atom is 0.319 e. The van der Waals surface area contributed by atoms with Crippen LogP contribution in [-0.2, 0) is 16.4 Å². The average molecular weight is 367 g/mol. The Balaban J connectivity index is 1.83. The van der Waals surface area contributed by atoms with Crippen molar-refractivity contribution in [2.45, 2.75) is 11.3 Å². The number of benzene rings is 2. The molecule has 0 saturated heterocycles. The first-order valence-electron chi connectivity index (χ1n) is 7.30. The number of hydrogen-bond acceptors (Lipinski definition) is 4. The van der Waals surface area contributed by atoms with Crippen molar-refractivity contribution in [3.8, 4) is 5.75 Å². The number of nitrogens with two attached hydrogens (primary N) is 1. The van der Waals surface area contributed by atoms with Gasteiger partial charge in [-0.25, -0.2) is 22.7 Å². The molecule has 134 valence electrons. The van der Waals surface area contributed by atoms with E-state index in [0.717, 1.165) is 11.6 Å². The highest BCUT2D eigenvalue weighted by Crippen LogP contribution is 2.20. The van der Waals surface area contributed by atoms with Gasteiger partial charge in [0, 0.05) is 18.3 Å². The molecule has 0 aromatic heterocycles. The predicted molar refractivity (Wildman–Crippen MR) is 91.5 cm³/mol. The van der Waals surface area contributed by atoms with Crippen molar-refractivity contribution in [3.63, 3.8) is 0 Å². The predicted octanol–water partition coefficient (Wildman–Crippen LogP) is 1.85. The molecule has 0 aliphatic heterocycles. The number of methoxy groups -OCH3 is 1. The fourth-order valence-electron chi connectivity index (χ4n) is 2.09. The summed E-state index contributed by atoms with van der Waals surface area (Å²) in [4.78, 5) is 11.8. The van der Waals surface area contributed by atoms with E-state index < -0.39 is 21.9 Å². The van der Waals surface area contributed by atoms with Gasteiger partial charge in [-0.2, -0.15) is 0 Å². The van der Waals surface area contributed by atoms with Gasteiger partial charge < -0.3 is 15.4 Å². The van der Waals surface area contributed by atoms with Crippen LogP contribution in [0.2, 0.25) is 0 Å². The molecule has 0 heterocycles. The number of ether oxygens (including phenoxy) is 1. The Kier molecular flexibility index (Phi) is 5.94. The molecule has 7 nitrogen and oxygen atoms in total. The van der Waals surface area contributed by atoms with Gasteiger partial charge in [-0.15, -0.1) is 0 Å². The first-order valence-corrected chi connectivity index (χ1v) is 8.84. The highest BCUT2D eigenvalue weighted by Gasteiger charge is 2.08.